The summed E-state index contributed by atoms with van der Waals surface area (Å²) in [5.41, 5.74) is -0.811. The van der Waals surface area contributed by atoms with Gasteiger partial charge in [-0.1, -0.05) is 56.0 Å². The summed E-state index contributed by atoms with van der Waals surface area (Å²) in [5, 5.41) is 8.95. The molecule has 1 aromatic carbocycles. The lowest BCUT2D eigenvalue weighted by atomic mass is 10.0. The van der Waals surface area contributed by atoms with E-state index < -0.39 is 68.5 Å². The van der Waals surface area contributed by atoms with Gasteiger partial charge in [-0.3, -0.25) is 28.7 Å². The summed E-state index contributed by atoms with van der Waals surface area (Å²) in [6, 6.07) is 6.32. The Labute approximate surface area is 309 Å². The molecule has 4 N–H and O–H groups in total. The maximum absolute atomic E-state index is 14.4. The number of pyridine rings is 1. The van der Waals surface area contributed by atoms with E-state index in [4.69, 9.17) is 4.74 Å². The van der Waals surface area contributed by atoms with Crippen molar-refractivity contribution >= 4 is 50.5 Å². The number of allylic oxidation sites excluding steroid dienone is 1. The molecule has 284 valence electrons. The van der Waals surface area contributed by atoms with Crippen LogP contribution in [0.4, 0.5) is 0 Å². The molecule has 3 fully saturated rings. The van der Waals surface area contributed by atoms with E-state index in [1.165, 1.54) is 4.90 Å². The molecule has 2 aliphatic carbocycles. The third-order valence-electron chi connectivity index (χ3n) is 11.0. The number of carbonyl (C=O) groups excluding carboxylic acids is 5. The lowest BCUT2D eigenvalue weighted by Crippen LogP contribution is -2.58. The monoisotopic (exact) mass is 748 g/mol. The number of rotatable bonds is 3. The lowest BCUT2D eigenvalue weighted by molar-refractivity contribution is -0.142. The maximum Gasteiger partial charge on any atom is 0.270 e. The van der Waals surface area contributed by atoms with Crippen molar-refractivity contribution in [2.24, 2.45) is 5.92 Å². The van der Waals surface area contributed by atoms with E-state index >= 15 is 0 Å². The second-order valence-electron chi connectivity index (χ2n) is 15.1. The molecule has 1 saturated heterocycles. The minimum atomic E-state index is -3.89. The zero-order valence-corrected chi connectivity index (χ0v) is 30.6. The quantitative estimate of drug-likeness (QED) is 0.342. The van der Waals surface area contributed by atoms with Crippen LogP contribution in [-0.4, -0.2) is 89.9 Å². The number of hydrogen-bond acceptors (Lipinski definition) is 9. The minimum Gasteiger partial charge on any atom is -0.491 e. The molecule has 7 rings (SSSR count). The number of para-hydroxylation sites is 1. The van der Waals surface area contributed by atoms with E-state index in [1.807, 2.05) is 30.4 Å². The highest BCUT2D eigenvalue weighted by Crippen LogP contribution is 2.46. The van der Waals surface area contributed by atoms with Gasteiger partial charge in [-0.15, -0.1) is 0 Å². The molecule has 2 aromatic rings. The van der Waals surface area contributed by atoms with Crippen molar-refractivity contribution in [3.8, 4) is 5.75 Å². The predicted molar refractivity (Wildman–Crippen MR) is 195 cm³/mol. The largest absolute Gasteiger partial charge is 0.491 e. The first-order chi connectivity index (χ1) is 25.5. The molecule has 53 heavy (non-hydrogen) atoms. The summed E-state index contributed by atoms with van der Waals surface area (Å²) < 4.78 is 33.9. The third kappa shape index (κ3) is 8.34. The Morgan fingerprint density at radius 1 is 0.943 bits per heavy atom. The Morgan fingerprint density at radius 2 is 1.75 bits per heavy atom. The smallest absolute Gasteiger partial charge is 0.270 e. The van der Waals surface area contributed by atoms with Gasteiger partial charge in [0.15, 0.2) is 0 Å². The van der Waals surface area contributed by atoms with Gasteiger partial charge in [-0.05, 0) is 69.9 Å². The number of fused-ring (bicyclic) bond motifs is 4. The van der Waals surface area contributed by atoms with Crippen molar-refractivity contribution in [3.05, 3.63) is 48.2 Å². The summed E-state index contributed by atoms with van der Waals surface area (Å²) in [6.45, 7) is 0.437. The molecule has 5 atom stereocenters. The topological polar surface area (TPSA) is 193 Å². The SMILES string of the molecule is O=C1CCCCCCOc2cccc3ccc(nc23)C(=O)N[C@@H]2C[C@H]3C(=O)N[C@]4(C(=O)NS(=O)(=O)C5CC5)C[C@H]4C=CCCCCC[C@H](N1)C(=O)N3C2. The average Bonchev–Trinajstić information content (AvgIpc) is 4.06. The second kappa shape index (κ2) is 15.4. The van der Waals surface area contributed by atoms with Crippen molar-refractivity contribution in [1.82, 2.24) is 30.6 Å². The van der Waals surface area contributed by atoms with Crippen molar-refractivity contribution in [1.29, 1.82) is 0 Å². The van der Waals surface area contributed by atoms with Crippen LogP contribution in [0.1, 0.15) is 100 Å². The number of ether oxygens (including phenoxy) is 1. The molecule has 4 heterocycles. The van der Waals surface area contributed by atoms with Crippen LogP contribution >= 0.6 is 0 Å². The summed E-state index contributed by atoms with van der Waals surface area (Å²) >= 11 is 0. The molecule has 14 nitrogen and oxygen atoms in total. The standard InChI is InChI=1S/C38H48N6O8S/c45-32-15-8-4-5-9-20-52-31-14-10-11-24-16-19-28(41-33(24)31)34(46)39-26-21-30-35(47)42-38(37(49)43-53(50,51)27-17-18-27)22-25(38)12-6-2-1-3-7-13-29(40-32)36(48)44(30)23-26/h6,10-12,14,16,19,25-27,29-30H,1-5,7-9,13,15,17-18,20-23H2,(H,39,46)(H,40,45)(H,42,47)(H,43,49)/t25-,26-,29+,30+,38-/m1/s1. The molecule has 3 aliphatic heterocycles. The summed E-state index contributed by atoms with van der Waals surface area (Å²) in [7, 11) is -3.89. The van der Waals surface area contributed by atoms with Gasteiger partial charge in [0, 0.05) is 30.3 Å². The molecule has 0 spiro atoms. The Hall–Kier alpha value is -4.53. The van der Waals surface area contributed by atoms with Gasteiger partial charge in [-0.2, -0.15) is 0 Å². The van der Waals surface area contributed by atoms with Gasteiger partial charge in [0.2, 0.25) is 27.7 Å². The summed E-state index contributed by atoms with van der Waals surface area (Å²) in [6.07, 6.45) is 11.7. The van der Waals surface area contributed by atoms with E-state index in [9.17, 15) is 32.4 Å². The highest BCUT2D eigenvalue weighted by Gasteiger charge is 2.62. The number of carbonyl (C=O) groups is 5. The van der Waals surface area contributed by atoms with E-state index in [1.54, 1.807) is 12.1 Å². The fourth-order valence-electron chi connectivity index (χ4n) is 7.72. The van der Waals surface area contributed by atoms with Gasteiger partial charge < -0.3 is 25.6 Å². The number of amides is 5. The Bertz CT molecular complexity index is 1910. The van der Waals surface area contributed by atoms with Crippen molar-refractivity contribution in [2.45, 2.75) is 119 Å². The Balaban J connectivity index is 1.19. The van der Waals surface area contributed by atoms with Crippen LogP contribution in [0.25, 0.3) is 10.9 Å². The number of benzene rings is 1. The molecular weight excluding hydrogens is 701 g/mol. The molecule has 5 bridgehead atoms. The van der Waals surface area contributed by atoms with Crippen LogP contribution in [0.15, 0.2) is 42.5 Å². The van der Waals surface area contributed by atoms with E-state index in [-0.39, 0.29) is 37.4 Å². The fraction of sp³-hybridized carbons (Fsp3) is 0.579. The highest BCUT2D eigenvalue weighted by molar-refractivity contribution is 7.91. The first-order valence-electron chi connectivity index (χ1n) is 19.0. The molecule has 0 unspecified atom stereocenters. The molecule has 1 aromatic heterocycles. The van der Waals surface area contributed by atoms with Crippen molar-refractivity contribution < 1.29 is 37.1 Å². The molecule has 5 aliphatic rings. The van der Waals surface area contributed by atoms with Gasteiger partial charge in [0.25, 0.3) is 11.8 Å². The average molecular weight is 749 g/mol. The van der Waals surface area contributed by atoms with Gasteiger partial charge >= 0.3 is 0 Å². The lowest BCUT2D eigenvalue weighted by Gasteiger charge is -2.30. The summed E-state index contributed by atoms with van der Waals surface area (Å²) in [4.78, 5) is 75.3. The number of nitrogens with zero attached hydrogens (tertiary/aromatic N) is 2. The van der Waals surface area contributed by atoms with Crippen LogP contribution in [0.3, 0.4) is 0 Å². The van der Waals surface area contributed by atoms with E-state index in [2.05, 4.69) is 25.7 Å². The molecule has 2 saturated carbocycles. The predicted octanol–water partition coefficient (Wildman–Crippen LogP) is 2.77. The summed E-state index contributed by atoms with van der Waals surface area (Å²) in [5.74, 6) is -2.47. The van der Waals surface area contributed by atoms with Crippen LogP contribution in [0.5, 0.6) is 5.75 Å². The van der Waals surface area contributed by atoms with Crippen LogP contribution in [0, 0.1) is 5.92 Å². The molecular formula is C38H48N6O8S. The van der Waals surface area contributed by atoms with E-state index in [0.29, 0.717) is 56.4 Å². The first kappa shape index (κ1) is 36.8. The fourth-order valence-corrected chi connectivity index (χ4v) is 9.08. The Kier molecular flexibility index (Phi) is 10.7. The van der Waals surface area contributed by atoms with Crippen LogP contribution in [0.2, 0.25) is 0 Å². The number of aromatic nitrogens is 1. The van der Waals surface area contributed by atoms with Gasteiger partial charge in [0.1, 0.15) is 34.6 Å². The number of nitrogens with one attached hydrogen (secondary N) is 4. The molecule has 0 radical (unpaired) electrons. The zero-order valence-electron chi connectivity index (χ0n) is 29.8. The Morgan fingerprint density at radius 3 is 2.58 bits per heavy atom. The first-order valence-corrected chi connectivity index (χ1v) is 20.6. The highest BCUT2D eigenvalue weighted by atomic mass is 32.2. The van der Waals surface area contributed by atoms with Crippen LogP contribution < -0.4 is 25.4 Å². The third-order valence-corrected chi connectivity index (χ3v) is 12.8. The second-order valence-corrected chi connectivity index (χ2v) is 17.0. The van der Waals surface area contributed by atoms with Crippen LogP contribution in [-0.2, 0) is 29.2 Å². The number of hydrogen-bond donors (Lipinski definition) is 4. The zero-order chi connectivity index (χ0) is 37.2. The van der Waals surface area contributed by atoms with Gasteiger partial charge in [0.05, 0.1) is 11.9 Å². The minimum absolute atomic E-state index is 0.0183. The number of sulfonamides is 1. The normalized spacial score (nSPS) is 29.2. The maximum atomic E-state index is 14.4. The van der Waals surface area contributed by atoms with Crippen molar-refractivity contribution in [3.63, 3.8) is 0 Å². The van der Waals surface area contributed by atoms with Gasteiger partial charge in [-0.25, -0.2) is 13.4 Å². The molecule has 15 heteroatoms. The van der Waals surface area contributed by atoms with E-state index in [0.717, 1.165) is 37.5 Å². The van der Waals surface area contributed by atoms with Crippen molar-refractivity contribution in [2.75, 3.05) is 13.2 Å². The molecule has 5 amide bonds.